The third-order valence-electron chi connectivity index (χ3n) is 3.93. The van der Waals surface area contributed by atoms with Crippen LogP contribution in [-0.2, 0) is 11.2 Å². The molecule has 2 aromatic rings. The van der Waals surface area contributed by atoms with Crippen LogP contribution in [0.1, 0.15) is 50.4 Å². The molecule has 1 aromatic carbocycles. The number of carbonyl (C=O) groups is 1. The predicted octanol–water partition coefficient (Wildman–Crippen LogP) is 4.08. The fraction of sp³-hybridized carbons (Fsp3) is 0.500. The molecule has 0 saturated carbocycles. The van der Waals surface area contributed by atoms with Crippen LogP contribution < -0.4 is 5.32 Å². The number of aromatic hydroxyl groups is 1. The quantitative estimate of drug-likeness (QED) is 0.722. The number of nitrogens with one attached hydrogen (secondary N) is 1. The van der Waals surface area contributed by atoms with Crippen LogP contribution in [0.5, 0.6) is 5.75 Å². The number of phenols is 1. The van der Waals surface area contributed by atoms with Crippen molar-refractivity contribution in [1.29, 1.82) is 0 Å². The molecule has 4 heteroatoms. The number of unbranched alkanes of at least 4 members (excludes halogenated alkanes) is 3. The number of phenolic OH excluding ortho intramolecular Hbond substituents is 1. The van der Waals surface area contributed by atoms with Gasteiger partial charge in [0.15, 0.2) is 0 Å². The number of benzene rings is 1. The maximum Gasteiger partial charge on any atom is 0.220 e. The number of carbonyl (C=O) groups excluding carboxylic acids is 1. The molecule has 2 rings (SSSR count). The zero-order valence-electron chi connectivity index (χ0n) is 13.4. The molecule has 0 saturated heterocycles. The minimum absolute atomic E-state index is 0.115. The Morgan fingerprint density at radius 3 is 2.86 bits per heavy atom. The molecule has 2 N–H and O–H groups in total. The number of aryl methyl sites for hydroxylation is 1. The Hall–Kier alpha value is -1.97. The molecule has 0 aliphatic rings. The van der Waals surface area contributed by atoms with E-state index in [1.165, 1.54) is 12.8 Å². The van der Waals surface area contributed by atoms with Crippen molar-refractivity contribution in [2.75, 3.05) is 6.54 Å². The first kappa shape index (κ1) is 16.4. The summed E-state index contributed by atoms with van der Waals surface area (Å²) in [5.41, 5.74) is 1.83. The van der Waals surface area contributed by atoms with Crippen LogP contribution in [-0.4, -0.2) is 17.6 Å². The van der Waals surface area contributed by atoms with Crippen molar-refractivity contribution >= 4 is 16.9 Å². The topological polar surface area (TPSA) is 62.5 Å². The van der Waals surface area contributed by atoms with Crippen molar-refractivity contribution in [3.05, 3.63) is 29.5 Å². The van der Waals surface area contributed by atoms with Gasteiger partial charge in [0.2, 0.25) is 5.91 Å². The van der Waals surface area contributed by atoms with Gasteiger partial charge in [0.25, 0.3) is 0 Å². The second kappa shape index (κ2) is 7.87. The third kappa shape index (κ3) is 4.26. The van der Waals surface area contributed by atoms with Crippen molar-refractivity contribution in [2.45, 2.75) is 52.4 Å². The largest absolute Gasteiger partial charge is 0.508 e. The van der Waals surface area contributed by atoms with E-state index >= 15 is 0 Å². The number of rotatable bonds is 8. The highest BCUT2D eigenvalue weighted by Gasteiger charge is 2.11. The first-order valence-corrected chi connectivity index (χ1v) is 8.09. The van der Waals surface area contributed by atoms with E-state index in [2.05, 4.69) is 12.2 Å². The Kier molecular flexibility index (Phi) is 5.87. The number of hydrogen-bond acceptors (Lipinski definition) is 3. The number of amides is 1. The first-order chi connectivity index (χ1) is 10.6. The first-order valence-electron chi connectivity index (χ1n) is 8.09. The molecule has 0 radical (unpaired) electrons. The maximum atomic E-state index is 11.8. The molecular weight excluding hydrogens is 278 g/mol. The van der Waals surface area contributed by atoms with Crippen LogP contribution in [0.2, 0.25) is 0 Å². The highest BCUT2D eigenvalue weighted by molar-refractivity contribution is 5.83. The molecule has 1 heterocycles. The normalized spacial score (nSPS) is 11.0. The van der Waals surface area contributed by atoms with E-state index in [0.29, 0.717) is 19.4 Å². The van der Waals surface area contributed by atoms with E-state index in [4.69, 9.17) is 4.42 Å². The second-order valence-corrected chi connectivity index (χ2v) is 5.73. The highest BCUT2D eigenvalue weighted by Crippen LogP contribution is 2.28. The summed E-state index contributed by atoms with van der Waals surface area (Å²) in [6.45, 7) is 4.67. The monoisotopic (exact) mass is 303 g/mol. The van der Waals surface area contributed by atoms with Crippen LogP contribution in [0, 0.1) is 6.92 Å². The maximum absolute atomic E-state index is 11.8. The van der Waals surface area contributed by atoms with Crippen molar-refractivity contribution in [3.8, 4) is 5.75 Å². The van der Waals surface area contributed by atoms with E-state index in [1.54, 1.807) is 18.2 Å². The van der Waals surface area contributed by atoms with Crippen LogP contribution in [0.15, 0.2) is 22.6 Å². The van der Waals surface area contributed by atoms with Gasteiger partial charge in [-0.1, -0.05) is 26.2 Å². The second-order valence-electron chi connectivity index (χ2n) is 5.73. The molecule has 0 aliphatic carbocycles. The molecule has 1 aromatic heterocycles. The molecule has 0 fully saturated rings. The minimum atomic E-state index is 0.115. The summed E-state index contributed by atoms with van der Waals surface area (Å²) in [5.74, 6) is 1.19. The Labute approximate surface area is 131 Å². The summed E-state index contributed by atoms with van der Waals surface area (Å²) in [7, 11) is 0. The minimum Gasteiger partial charge on any atom is -0.508 e. The zero-order valence-corrected chi connectivity index (χ0v) is 13.4. The molecule has 0 spiro atoms. The van der Waals surface area contributed by atoms with Gasteiger partial charge in [-0.15, -0.1) is 0 Å². The van der Waals surface area contributed by atoms with Crippen molar-refractivity contribution in [3.63, 3.8) is 0 Å². The third-order valence-corrected chi connectivity index (χ3v) is 3.93. The van der Waals surface area contributed by atoms with Crippen molar-refractivity contribution in [1.82, 2.24) is 5.32 Å². The van der Waals surface area contributed by atoms with E-state index in [-0.39, 0.29) is 11.7 Å². The predicted molar refractivity (Wildman–Crippen MR) is 88.1 cm³/mol. The van der Waals surface area contributed by atoms with Crippen molar-refractivity contribution < 1.29 is 14.3 Å². The lowest BCUT2D eigenvalue weighted by Gasteiger charge is -2.05. The molecule has 120 valence electrons. The molecule has 0 aliphatic heterocycles. The fourth-order valence-corrected chi connectivity index (χ4v) is 2.70. The van der Waals surface area contributed by atoms with Crippen LogP contribution in [0.3, 0.4) is 0 Å². The summed E-state index contributed by atoms with van der Waals surface area (Å²) in [6.07, 6.45) is 5.77. The average Bonchev–Trinajstić information content (AvgIpc) is 2.79. The summed E-state index contributed by atoms with van der Waals surface area (Å²) in [4.78, 5) is 11.8. The Bertz CT molecular complexity index is 631. The van der Waals surface area contributed by atoms with Crippen LogP contribution in [0.4, 0.5) is 0 Å². The molecule has 0 atom stereocenters. The van der Waals surface area contributed by atoms with Gasteiger partial charge in [-0.2, -0.15) is 0 Å². The van der Waals surface area contributed by atoms with E-state index in [9.17, 15) is 9.90 Å². The highest BCUT2D eigenvalue weighted by atomic mass is 16.3. The summed E-state index contributed by atoms with van der Waals surface area (Å²) < 4.78 is 5.68. The number of furan rings is 1. The SMILES string of the molecule is CCCCCCC(=O)NCCc1c(C)oc2ccc(O)cc12. The van der Waals surface area contributed by atoms with E-state index in [1.807, 2.05) is 6.92 Å². The molecule has 22 heavy (non-hydrogen) atoms. The van der Waals surface area contributed by atoms with Gasteiger partial charge >= 0.3 is 0 Å². The molecule has 4 nitrogen and oxygen atoms in total. The van der Waals surface area contributed by atoms with E-state index in [0.717, 1.165) is 35.1 Å². The summed E-state index contributed by atoms with van der Waals surface area (Å²) >= 11 is 0. The summed E-state index contributed by atoms with van der Waals surface area (Å²) in [5, 5.41) is 13.5. The molecule has 0 unspecified atom stereocenters. The molecule has 1 amide bonds. The Morgan fingerprint density at radius 1 is 1.27 bits per heavy atom. The van der Waals surface area contributed by atoms with Gasteiger partial charge in [-0.05, 0) is 38.0 Å². The number of hydrogen-bond donors (Lipinski definition) is 2. The standard InChI is InChI=1S/C18H25NO3/c1-3-4-5-6-7-18(21)19-11-10-15-13(2)22-17-9-8-14(20)12-16(15)17/h8-9,12,20H,3-7,10-11H2,1-2H3,(H,19,21). The zero-order chi connectivity index (χ0) is 15.9. The van der Waals surface area contributed by atoms with Gasteiger partial charge in [0.1, 0.15) is 17.1 Å². The Balaban J connectivity index is 1.85. The molecule has 0 bridgehead atoms. The lowest BCUT2D eigenvalue weighted by molar-refractivity contribution is -0.121. The fourth-order valence-electron chi connectivity index (χ4n) is 2.70. The number of fused-ring (bicyclic) bond motifs is 1. The van der Waals surface area contributed by atoms with E-state index < -0.39 is 0 Å². The lowest BCUT2D eigenvalue weighted by atomic mass is 10.1. The van der Waals surface area contributed by atoms with Crippen LogP contribution in [0.25, 0.3) is 11.0 Å². The van der Waals surface area contributed by atoms with Gasteiger partial charge < -0.3 is 14.8 Å². The van der Waals surface area contributed by atoms with Crippen molar-refractivity contribution in [2.24, 2.45) is 0 Å². The lowest BCUT2D eigenvalue weighted by Crippen LogP contribution is -2.25. The van der Waals surface area contributed by atoms with Gasteiger partial charge in [0.05, 0.1) is 0 Å². The van der Waals surface area contributed by atoms with Gasteiger partial charge in [0, 0.05) is 23.9 Å². The smallest absolute Gasteiger partial charge is 0.220 e. The van der Waals surface area contributed by atoms with Gasteiger partial charge in [-0.25, -0.2) is 0 Å². The van der Waals surface area contributed by atoms with Gasteiger partial charge in [-0.3, -0.25) is 4.79 Å². The Morgan fingerprint density at radius 2 is 2.09 bits per heavy atom. The summed E-state index contributed by atoms with van der Waals surface area (Å²) in [6, 6.07) is 5.11. The molecular formula is C18H25NO3. The van der Waals surface area contributed by atoms with Crippen LogP contribution >= 0.6 is 0 Å². The average molecular weight is 303 g/mol.